The Hall–Kier alpha value is -0.350. The highest BCUT2D eigenvalue weighted by molar-refractivity contribution is 6.32. The van der Waals surface area contributed by atoms with E-state index in [1.54, 1.807) is 12.1 Å². The summed E-state index contributed by atoms with van der Waals surface area (Å²) in [7, 11) is 0. The van der Waals surface area contributed by atoms with Gasteiger partial charge in [-0.15, -0.1) is 0 Å². The van der Waals surface area contributed by atoms with Gasteiger partial charge in [0, 0.05) is 18.6 Å². The fraction of sp³-hybridized carbons (Fsp3) is 0.545. The van der Waals surface area contributed by atoms with Crippen molar-refractivity contribution in [2.75, 3.05) is 13.1 Å². The SMILES string of the molecule is CC1(NCc2nc(Cl)ccc2Cl)CCNC1. The van der Waals surface area contributed by atoms with E-state index in [-0.39, 0.29) is 5.54 Å². The van der Waals surface area contributed by atoms with Crippen LogP contribution in [0.5, 0.6) is 0 Å². The van der Waals surface area contributed by atoms with E-state index >= 15 is 0 Å². The van der Waals surface area contributed by atoms with Crippen molar-refractivity contribution in [3.05, 3.63) is 28.0 Å². The molecule has 1 atom stereocenters. The number of hydrogen-bond donors (Lipinski definition) is 2. The zero-order chi connectivity index (χ0) is 11.6. The smallest absolute Gasteiger partial charge is 0.129 e. The van der Waals surface area contributed by atoms with Crippen LogP contribution in [-0.4, -0.2) is 23.6 Å². The molecule has 16 heavy (non-hydrogen) atoms. The molecule has 2 N–H and O–H groups in total. The lowest BCUT2D eigenvalue weighted by molar-refractivity contribution is 0.383. The third kappa shape index (κ3) is 2.86. The minimum Gasteiger partial charge on any atom is -0.315 e. The molecule has 2 heterocycles. The van der Waals surface area contributed by atoms with Crippen molar-refractivity contribution in [1.29, 1.82) is 0 Å². The maximum absolute atomic E-state index is 6.05. The molecule has 0 spiro atoms. The molecule has 1 aromatic heterocycles. The quantitative estimate of drug-likeness (QED) is 0.818. The van der Waals surface area contributed by atoms with Gasteiger partial charge in [0.25, 0.3) is 0 Å². The van der Waals surface area contributed by atoms with Crippen molar-refractivity contribution in [1.82, 2.24) is 15.6 Å². The van der Waals surface area contributed by atoms with E-state index in [1.165, 1.54) is 0 Å². The summed E-state index contributed by atoms with van der Waals surface area (Å²) >= 11 is 11.9. The van der Waals surface area contributed by atoms with Gasteiger partial charge in [0.15, 0.2) is 0 Å². The first kappa shape index (κ1) is 12.1. The summed E-state index contributed by atoms with van der Waals surface area (Å²) in [6.45, 7) is 4.88. The first-order valence-corrected chi connectivity index (χ1v) is 6.11. The second-order valence-electron chi connectivity index (χ2n) is 4.40. The first-order chi connectivity index (χ1) is 7.59. The Kier molecular flexibility index (Phi) is 3.70. The van der Waals surface area contributed by atoms with Gasteiger partial charge in [-0.25, -0.2) is 4.98 Å². The molecular formula is C11H15Cl2N3. The summed E-state index contributed by atoms with van der Waals surface area (Å²) in [5.74, 6) is 0. The fourth-order valence-corrected chi connectivity index (χ4v) is 2.18. The Labute approximate surface area is 106 Å². The van der Waals surface area contributed by atoms with Crippen LogP contribution in [0.4, 0.5) is 0 Å². The maximum Gasteiger partial charge on any atom is 0.129 e. The van der Waals surface area contributed by atoms with Crippen LogP contribution in [0.1, 0.15) is 19.0 Å². The summed E-state index contributed by atoms with van der Waals surface area (Å²) in [6.07, 6.45) is 1.12. The lowest BCUT2D eigenvalue weighted by Crippen LogP contribution is -2.43. The van der Waals surface area contributed by atoms with Crippen molar-refractivity contribution < 1.29 is 0 Å². The van der Waals surface area contributed by atoms with E-state index in [0.717, 1.165) is 25.2 Å². The van der Waals surface area contributed by atoms with Crippen molar-refractivity contribution in [2.45, 2.75) is 25.4 Å². The highest BCUT2D eigenvalue weighted by Crippen LogP contribution is 2.19. The van der Waals surface area contributed by atoms with Crippen molar-refractivity contribution in [2.24, 2.45) is 0 Å². The molecule has 3 nitrogen and oxygen atoms in total. The number of halogens is 2. The summed E-state index contributed by atoms with van der Waals surface area (Å²) < 4.78 is 0. The zero-order valence-corrected chi connectivity index (χ0v) is 10.7. The largest absolute Gasteiger partial charge is 0.315 e. The molecule has 0 saturated carbocycles. The van der Waals surface area contributed by atoms with Gasteiger partial charge in [-0.05, 0) is 32.0 Å². The molecule has 1 saturated heterocycles. The zero-order valence-electron chi connectivity index (χ0n) is 9.19. The second-order valence-corrected chi connectivity index (χ2v) is 5.20. The van der Waals surface area contributed by atoms with Gasteiger partial charge in [-0.1, -0.05) is 23.2 Å². The molecule has 0 aliphatic carbocycles. The average Bonchev–Trinajstić information content (AvgIpc) is 2.67. The molecule has 0 aromatic carbocycles. The van der Waals surface area contributed by atoms with Crippen LogP contribution < -0.4 is 10.6 Å². The van der Waals surface area contributed by atoms with E-state index < -0.39 is 0 Å². The lowest BCUT2D eigenvalue weighted by Gasteiger charge is -2.24. The van der Waals surface area contributed by atoms with Crippen LogP contribution in [0.3, 0.4) is 0 Å². The second kappa shape index (κ2) is 4.88. The molecule has 0 radical (unpaired) electrons. The minimum atomic E-state index is 0.132. The van der Waals surface area contributed by atoms with Crippen molar-refractivity contribution in [3.63, 3.8) is 0 Å². The number of nitrogens with zero attached hydrogens (tertiary/aromatic N) is 1. The van der Waals surface area contributed by atoms with Gasteiger partial charge < -0.3 is 10.6 Å². The molecule has 1 aliphatic heterocycles. The van der Waals surface area contributed by atoms with Crippen LogP contribution >= 0.6 is 23.2 Å². The average molecular weight is 260 g/mol. The van der Waals surface area contributed by atoms with Gasteiger partial charge in [0.1, 0.15) is 5.15 Å². The standard InChI is InChI=1S/C11H15Cl2N3/c1-11(4-5-14-7-11)15-6-9-8(12)2-3-10(13)16-9/h2-3,14-15H,4-7H2,1H3. The minimum absolute atomic E-state index is 0.132. The van der Waals surface area contributed by atoms with Gasteiger partial charge in [-0.2, -0.15) is 0 Å². The fourth-order valence-electron chi connectivity index (χ4n) is 1.85. The molecule has 1 fully saturated rings. The molecule has 5 heteroatoms. The van der Waals surface area contributed by atoms with E-state index in [9.17, 15) is 0 Å². The molecule has 2 rings (SSSR count). The Morgan fingerprint density at radius 2 is 2.31 bits per heavy atom. The number of nitrogens with one attached hydrogen (secondary N) is 2. The van der Waals surface area contributed by atoms with Gasteiger partial charge >= 0.3 is 0 Å². The van der Waals surface area contributed by atoms with Crippen LogP contribution in [-0.2, 0) is 6.54 Å². The highest BCUT2D eigenvalue weighted by Gasteiger charge is 2.27. The maximum atomic E-state index is 6.05. The van der Waals surface area contributed by atoms with Crippen molar-refractivity contribution in [3.8, 4) is 0 Å². The van der Waals surface area contributed by atoms with E-state index in [2.05, 4.69) is 22.5 Å². The Morgan fingerprint density at radius 3 is 3.00 bits per heavy atom. The van der Waals surface area contributed by atoms with Gasteiger partial charge in [-0.3, -0.25) is 0 Å². The van der Waals surface area contributed by atoms with E-state index in [0.29, 0.717) is 16.7 Å². The first-order valence-electron chi connectivity index (χ1n) is 5.36. The van der Waals surface area contributed by atoms with Crippen molar-refractivity contribution >= 4 is 23.2 Å². The van der Waals surface area contributed by atoms with Crippen LogP contribution in [0.25, 0.3) is 0 Å². The number of hydrogen-bond acceptors (Lipinski definition) is 3. The Bertz CT molecular complexity index is 375. The van der Waals surface area contributed by atoms with Crippen LogP contribution in [0.2, 0.25) is 10.2 Å². The molecule has 1 aromatic rings. The number of pyridine rings is 1. The summed E-state index contributed by atoms with van der Waals surface area (Å²) in [4.78, 5) is 4.22. The third-order valence-electron chi connectivity index (χ3n) is 2.94. The van der Waals surface area contributed by atoms with Gasteiger partial charge in [0.2, 0.25) is 0 Å². The van der Waals surface area contributed by atoms with E-state index in [1.807, 2.05) is 0 Å². The topological polar surface area (TPSA) is 37.0 Å². The summed E-state index contributed by atoms with van der Waals surface area (Å²) in [5.41, 5.74) is 0.940. The third-order valence-corrected chi connectivity index (χ3v) is 3.49. The molecule has 0 bridgehead atoms. The number of rotatable bonds is 3. The summed E-state index contributed by atoms with van der Waals surface area (Å²) in [6, 6.07) is 3.48. The molecular weight excluding hydrogens is 245 g/mol. The highest BCUT2D eigenvalue weighted by atomic mass is 35.5. The monoisotopic (exact) mass is 259 g/mol. The van der Waals surface area contributed by atoms with E-state index in [4.69, 9.17) is 23.2 Å². The Balaban J connectivity index is 2.01. The van der Waals surface area contributed by atoms with Gasteiger partial charge in [0.05, 0.1) is 10.7 Å². The summed E-state index contributed by atoms with van der Waals surface area (Å²) in [5, 5.41) is 7.95. The van der Waals surface area contributed by atoms with Crippen LogP contribution in [0, 0.1) is 0 Å². The molecule has 1 unspecified atom stereocenters. The normalized spacial score (nSPS) is 24.9. The molecule has 1 aliphatic rings. The molecule has 88 valence electrons. The predicted octanol–water partition coefficient (Wildman–Crippen LogP) is 2.23. The Morgan fingerprint density at radius 1 is 1.50 bits per heavy atom. The lowest BCUT2D eigenvalue weighted by atomic mass is 10.0. The predicted molar refractivity (Wildman–Crippen MR) is 67.0 cm³/mol. The molecule has 0 amide bonds. The van der Waals surface area contributed by atoms with Crippen LogP contribution in [0.15, 0.2) is 12.1 Å². The number of aromatic nitrogens is 1.